The molecule has 3 aromatic rings. The lowest BCUT2D eigenvalue weighted by Gasteiger charge is -2.10. The highest BCUT2D eigenvalue weighted by Crippen LogP contribution is 2.21. The van der Waals surface area contributed by atoms with Crippen LogP contribution in [0.25, 0.3) is 0 Å². The molecule has 0 spiro atoms. The summed E-state index contributed by atoms with van der Waals surface area (Å²) >= 11 is 5.70. The van der Waals surface area contributed by atoms with Crippen LogP contribution in [0.4, 0.5) is 21.6 Å². The standard InChI is InChI=1S/C19H16ClFN4O/c1-2-12-5-3-4-6-16(12)25-18-11-22-17(10-23-18)19(26)24-13-7-8-15(21)14(20)9-13/h3-11H,2H2,1H3,(H,23,25)(H,24,26). The van der Waals surface area contributed by atoms with Crippen LogP contribution in [-0.4, -0.2) is 15.9 Å². The summed E-state index contributed by atoms with van der Waals surface area (Å²) in [5.41, 5.74) is 2.62. The first kappa shape index (κ1) is 17.8. The zero-order valence-electron chi connectivity index (χ0n) is 14.0. The van der Waals surface area contributed by atoms with Crippen LogP contribution < -0.4 is 10.6 Å². The van der Waals surface area contributed by atoms with Gasteiger partial charge in [0, 0.05) is 11.4 Å². The topological polar surface area (TPSA) is 66.9 Å². The third kappa shape index (κ3) is 4.15. The zero-order chi connectivity index (χ0) is 18.5. The second-order valence-corrected chi connectivity index (χ2v) is 5.91. The Morgan fingerprint density at radius 1 is 1.15 bits per heavy atom. The van der Waals surface area contributed by atoms with Gasteiger partial charge in [0.2, 0.25) is 0 Å². The van der Waals surface area contributed by atoms with Crippen LogP contribution in [0.5, 0.6) is 0 Å². The molecule has 0 fully saturated rings. The molecule has 0 atom stereocenters. The minimum absolute atomic E-state index is 0.0666. The molecular formula is C19H16ClFN4O. The van der Waals surface area contributed by atoms with Crippen LogP contribution in [0.15, 0.2) is 54.9 Å². The Bertz CT molecular complexity index is 931. The number of para-hydroxylation sites is 1. The molecule has 5 nitrogen and oxygen atoms in total. The van der Waals surface area contributed by atoms with Crippen LogP contribution in [-0.2, 0) is 6.42 Å². The van der Waals surface area contributed by atoms with Gasteiger partial charge in [-0.3, -0.25) is 4.79 Å². The van der Waals surface area contributed by atoms with Crippen molar-refractivity contribution in [2.24, 2.45) is 0 Å². The van der Waals surface area contributed by atoms with E-state index >= 15 is 0 Å². The van der Waals surface area contributed by atoms with Gasteiger partial charge < -0.3 is 10.6 Å². The first-order valence-corrected chi connectivity index (χ1v) is 8.38. The van der Waals surface area contributed by atoms with Gasteiger partial charge in [-0.15, -0.1) is 0 Å². The Labute approximate surface area is 155 Å². The maximum absolute atomic E-state index is 13.2. The van der Waals surface area contributed by atoms with Crippen molar-refractivity contribution in [3.8, 4) is 0 Å². The third-order valence-electron chi connectivity index (χ3n) is 3.72. The number of carbonyl (C=O) groups is 1. The SMILES string of the molecule is CCc1ccccc1Nc1cnc(C(=O)Nc2ccc(F)c(Cl)c2)cn1. The number of halogens is 2. The normalized spacial score (nSPS) is 10.4. The molecule has 0 aliphatic rings. The Kier molecular flexibility index (Phi) is 5.43. The fourth-order valence-electron chi connectivity index (χ4n) is 2.37. The molecule has 0 saturated heterocycles. The number of rotatable bonds is 5. The molecule has 1 aromatic heterocycles. The van der Waals surface area contributed by atoms with Crippen LogP contribution in [0.2, 0.25) is 5.02 Å². The first-order valence-electron chi connectivity index (χ1n) is 8.00. The van der Waals surface area contributed by atoms with Gasteiger partial charge in [-0.05, 0) is 36.2 Å². The smallest absolute Gasteiger partial charge is 0.275 e. The second kappa shape index (κ2) is 7.93. The maximum Gasteiger partial charge on any atom is 0.275 e. The van der Waals surface area contributed by atoms with E-state index in [9.17, 15) is 9.18 Å². The van der Waals surface area contributed by atoms with E-state index in [0.29, 0.717) is 11.5 Å². The lowest BCUT2D eigenvalue weighted by atomic mass is 10.1. The monoisotopic (exact) mass is 370 g/mol. The highest BCUT2D eigenvalue weighted by Gasteiger charge is 2.10. The van der Waals surface area contributed by atoms with Gasteiger partial charge in [-0.2, -0.15) is 0 Å². The Morgan fingerprint density at radius 3 is 2.65 bits per heavy atom. The van der Waals surface area contributed by atoms with E-state index in [1.807, 2.05) is 24.3 Å². The number of aryl methyl sites for hydroxylation is 1. The van der Waals surface area contributed by atoms with Gasteiger partial charge in [0.05, 0.1) is 17.4 Å². The number of nitrogens with one attached hydrogen (secondary N) is 2. The summed E-state index contributed by atoms with van der Waals surface area (Å²) in [7, 11) is 0. The summed E-state index contributed by atoms with van der Waals surface area (Å²) < 4.78 is 13.2. The van der Waals surface area contributed by atoms with E-state index in [1.165, 1.54) is 30.6 Å². The number of benzene rings is 2. The highest BCUT2D eigenvalue weighted by atomic mass is 35.5. The van der Waals surface area contributed by atoms with E-state index in [4.69, 9.17) is 11.6 Å². The molecule has 2 N–H and O–H groups in total. The van der Waals surface area contributed by atoms with Gasteiger partial charge in [-0.25, -0.2) is 14.4 Å². The molecule has 0 unspecified atom stereocenters. The molecular weight excluding hydrogens is 355 g/mol. The van der Waals surface area contributed by atoms with E-state index in [1.54, 1.807) is 0 Å². The minimum Gasteiger partial charge on any atom is -0.339 e. The predicted molar refractivity (Wildman–Crippen MR) is 100 cm³/mol. The molecule has 1 heterocycles. The molecule has 1 amide bonds. The van der Waals surface area contributed by atoms with Crippen molar-refractivity contribution < 1.29 is 9.18 Å². The summed E-state index contributed by atoms with van der Waals surface area (Å²) in [5.74, 6) is -0.472. The summed E-state index contributed by atoms with van der Waals surface area (Å²) in [5, 5.41) is 5.72. The van der Waals surface area contributed by atoms with Gasteiger partial charge in [0.15, 0.2) is 0 Å². The van der Waals surface area contributed by atoms with Crippen LogP contribution in [0, 0.1) is 5.82 Å². The van der Waals surface area contributed by atoms with Crippen molar-refractivity contribution in [2.45, 2.75) is 13.3 Å². The summed E-state index contributed by atoms with van der Waals surface area (Å²) in [6.07, 6.45) is 3.74. The van der Waals surface area contributed by atoms with E-state index in [0.717, 1.165) is 17.7 Å². The lowest BCUT2D eigenvalue weighted by Crippen LogP contribution is -2.14. The number of carbonyl (C=O) groups excluding carboxylic acids is 1. The summed E-state index contributed by atoms with van der Waals surface area (Å²) in [6, 6.07) is 11.8. The Morgan fingerprint density at radius 2 is 1.96 bits per heavy atom. The van der Waals surface area contributed by atoms with E-state index in [-0.39, 0.29) is 10.7 Å². The van der Waals surface area contributed by atoms with Crippen LogP contribution in [0.3, 0.4) is 0 Å². The number of anilines is 3. The number of nitrogens with zero attached hydrogens (tertiary/aromatic N) is 2. The molecule has 3 rings (SSSR count). The molecule has 2 aromatic carbocycles. The van der Waals surface area contributed by atoms with Gasteiger partial charge >= 0.3 is 0 Å². The maximum atomic E-state index is 13.2. The quantitative estimate of drug-likeness (QED) is 0.675. The Balaban J connectivity index is 1.70. The van der Waals surface area contributed by atoms with Gasteiger partial charge in [0.25, 0.3) is 5.91 Å². The van der Waals surface area contributed by atoms with Crippen LogP contribution in [0.1, 0.15) is 23.0 Å². The zero-order valence-corrected chi connectivity index (χ0v) is 14.7. The second-order valence-electron chi connectivity index (χ2n) is 5.51. The van der Waals surface area contributed by atoms with Crippen molar-refractivity contribution in [1.82, 2.24) is 9.97 Å². The average Bonchev–Trinajstić information content (AvgIpc) is 2.66. The predicted octanol–water partition coefficient (Wildman–Crippen LogP) is 4.83. The third-order valence-corrected chi connectivity index (χ3v) is 4.01. The highest BCUT2D eigenvalue weighted by molar-refractivity contribution is 6.31. The van der Waals surface area contributed by atoms with Crippen molar-refractivity contribution in [3.63, 3.8) is 0 Å². The number of hydrogen-bond acceptors (Lipinski definition) is 4. The summed E-state index contributed by atoms with van der Waals surface area (Å²) in [4.78, 5) is 20.6. The molecule has 132 valence electrons. The van der Waals surface area contributed by atoms with Crippen molar-refractivity contribution in [2.75, 3.05) is 10.6 Å². The fraction of sp³-hybridized carbons (Fsp3) is 0.105. The lowest BCUT2D eigenvalue weighted by molar-refractivity contribution is 0.102. The van der Waals surface area contributed by atoms with Crippen molar-refractivity contribution >= 4 is 34.7 Å². The van der Waals surface area contributed by atoms with Crippen molar-refractivity contribution in [1.29, 1.82) is 0 Å². The number of aromatic nitrogens is 2. The number of amides is 1. The largest absolute Gasteiger partial charge is 0.339 e. The van der Waals surface area contributed by atoms with E-state index in [2.05, 4.69) is 27.5 Å². The molecule has 0 aliphatic heterocycles. The molecule has 0 aliphatic carbocycles. The Hall–Kier alpha value is -2.99. The fourth-order valence-corrected chi connectivity index (χ4v) is 2.55. The molecule has 0 saturated carbocycles. The minimum atomic E-state index is -0.549. The number of hydrogen-bond donors (Lipinski definition) is 2. The first-order chi connectivity index (χ1) is 12.6. The summed E-state index contributed by atoms with van der Waals surface area (Å²) in [6.45, 7) is 2.07. The molecule has 0 radical (unpaired) electrons. The molecule has 26 heavy (non-hydrogen) atoms. The molecule has 0 bridgehead atoms. The van der Waals surface area contributed by atoms with E-state index < -0.39 is 11.7 Å². The molecule has 7 heteroatoms. The van der Waals surface area contributed by atoms with Crippen LogP contribution >= 0.6 is 11.6 Å². The van der Waals surface area contributed by atoms with Crippen molar-refractivity contribution in [3.05, 3.63) is 77.0 Å². The average molecular weight is 371 g/mol. The van der Waals surface area contributed by atoms with Gasteiger partial charge in [-0.1, -0.05) is 36.7 Å². The van der Waals surface area contributed by atoms with Gasteiger partial charge in [0.1, 0.15) is 17.3 Å².